The van der Waals surface area contributed by atoms with Crippen LogP contribution in [0.1, 0.15) is 24.4 Å². The first kappa shape index (κ1) is 23.7. The summed E-state index contributed by atoms with van der Waals surface area (Å²) in [4.78, 5) is 11.1. The molecule has 2 aromatic heterocycles. The van der Waals surface area contributed by atoms with E-state index in [1.807, 2.05) is 22.3 Å². The lowest BCUT2D eigenvalue weighted by atomic mass is 10.0. The van der Waals surface area contributed by atoms with Crippen LogP contribution in [0.4, 0.5) is 17.6 Å². The summed E-state index contributed by atoms with van der Waals surface area (Å²) < 4.78 is 47.1. The average Bonchev–Trinajstić information content (AvgIpc) is 3.43. The summed E-state index contributed by atoms with van der Waals surface area (Å²) in [7, 11) is 0. The van der Waals surface area contributed by atoms with Crippen LogP contribution in [-0.2, 0) is 11.3 Å². The van der Waals surface area contributed by atoms with Crippen molar-refractivity contribution in [2.45, 2.75) is 31.6 Å². The minimum Gasteiger partial charge on any atom is -0.505 e. The number of likely N-dealkylation sites (tertiary alicyclic amines) is 1. The first-order valence-corrected chi connectivity index (χ1v) is 10.5. The monoisotopic (exact) mass is 472 g/mol. The Morgan fingerprint density at radius 2 is 1.91 bits per heavy atom. The van der Waals surface area contributed by atoms with E-state index in [1.165, 1.54) is 6.07 Å². The Hall–Kier alpha value is -2.99. The topological polar surface area (TPSA) is 91.5 Å². The number of para-hydroxylation sites is 1. The fourth-order valence-electron chi connectivity index (χ4n) is 3.27. The van der Waals surface area contributed by atoms with E-state index in [2.05, 4.69) is 20.6 Å². The van der Waals surface area contributed by atoms with E-state index in [9.17, 15) is 22.7 Å². The number of thiophene rings is 1. The van der Waals surface area contributed by atoms with Gasteiger partial charge in [0, 0.05) is 36.1 Å². The lowest BCUT2D eigenvalue weighted by Gasteiger charge is -2.31. The third kappa shape index (κ3) is 6.04. The summed E-state index contributed by atoms with van der Waals surface area (Å²) in [6, 6.07) is 7.07. The molecule has 1 aliphatic rings. The molecule has 1 aromatic carbocycles. The Morgan fingerprint density at radius 3 is 2.50 bits per heavy atom. The Labute approximate surface area is 184 Å². The number of aromatic hydroxyl groups is 1. The van der Waals surface area contributed by atoms with Gasteiger partial charge in [0.2, 0.25) is 0 Å². The largest absolute Gasteiger partial charge is 0.505 e. The van der Waals surface area contributed by atoms with Gasteiger partial charge in [-0.05, 0) is 30.4 Å². The molecule has 1 fully saturated rings. The molecule has 32 heavy (non-hydrogen) atoms. The highest BCUT2D eigenvalue weighted by atomic mass is 32.1. The van der Waals surface area contributed by atoms with Crippen molar-refractivity contribution in [1.82, 2.24) is 19.9 Å². The van der Waals surface area contributed by atoms with Gasteiger partial charge < -0.3 is 10.2 Å². The molecular weight excluding hydrogens is 452 g/mol. The number of rotatable bonds is 4. The van der Waals surface area contributed by atoms with Crippen LogP contribution in [0, 0.1) is 5.82 Å². The molecule has 12 heteroatoms. The number of carboxylic acid groups (broad SMARTS) is 1. The number of nitrogens with zero attached hydrogens (tertiary/aromatic N) is 4. The fourth-order valence-corrected chi connectivity index (χ4v) is 3.92. The maximum absolute atomic E-state index is 13.4. The van der Waals surface area contributed by atoms with Crippen LogP contribution >= 0.6 is 11.3 Å². The quantitative estimate of drug-likeness (QED) is 0.550. The molecule has 0 amide bonds. The zero-order chi connectivity index (χ0) is 23.3. The SMILES string of the molecule is O=C(O)C(F)(F)F.Oc1c(F)cccc1CN1CCC(n2cc(-c3ccsc3)nn2)CC1. The molecule has 0 aliphatic carbocycles. The molecule has 2 N–H and O–H groups in total. The van der Waals surface area contributed by atoms with E-state index in [1.54, 1.807) is 23.5 Å². The third-order valence-electron chi connectivity index (χ3n) is 4.97. The highest BCUT2D eigenvalue weighted by Gasteiger charge is 2.38. The van der Waals surface area contributed by atoms with Gasteiger partial charge in [-0.1, -0.05) is 17.3 Å². The molecule has 3 heterocycles. The summed E-state index contributed by atoms with van der Waals surface area (Å²) in [6.45, 7) is 2.33. The maximum atomic E-state index is 13.4. The highest BCUT2D eigenvalue weighted by molar-refractivity contribution is 7.08. The van der Waals surface area contributed by atoms with E-state index in [-0.39, 0.29) is 5.75 Å². The van der Waals surface area contributed by atoms with Crippen molar-refractivity contribution in [1.29, 1.82) is 0 Å². The Morgan fingerprint density at radius 1 is 1.22 bits per heavy atom. The van der Waals surface area contributed by atoms with Crippen LogP contribution in [0.5, 0.6) is 5.75 Å². The zero-order valence-corrected chi connectivity index (χ0v) is 17.5. The van der Waals surface area contributed by atoms with Crippen LogP contribution in [0.2, 0.25) is 0 Å². The van der Waals surface area contributed by atoms with Gasteiger partial charge in [0.15, 0.2) is 11.6 Å². The number of benzene rings is 1. The van der Waals surface area contributed by atoms with Gasteiger partial charge in [-0.25, -0.2) is 13.9 Å². The van der Waals surface area contributed by atoms with Gasteiger partial charge in [-0.3, -0.25) is 4.90 Å². The van der Waals surface area contributed by atoms with E-state index in [0.717, 1.165) is 37.2 Å². The molecule has 4 rings (SSSR count). The summed E-state index contributed by atoms with van der Waals surface area (Å²) >= 11 is 1.65. The summed E-state index contributed by atoms with van der Waals surface area (Å²) in [5.41, 5.74) is 2.66. The standard InChI is InChI=1S/C18H19FN4OS.C2HF3O2/c19-16-3-1-2-13(18(16)24)10-22-7-4-15(5-8-22)23-11-17(20-21-23)14-6-9-25-12-14;3-2(4,5)1(6)7/h1-3,6,9,11-12,15,24H,4-5,7-8,10H2;(H,6,7). The molecule has 0 atom stereocenters. The smallest absolute Gasteiger partial charge is 0.490 e. The summed E-state index contributed by atoms with van der Waals surface area (Å²) in [6.07, 6.45) is -1.15. The number of phenols is 1. The molecule has 1 aliphatic heterocycles. The van der Waals surface area contributed by atoms with Crippen molar-refractivity contribution >= 4 is 17.3 Å². The van der Waals surface area contributed by atoms with Gasteiger partial charge in [-0.2, -0.15) is 24.5 Å². The number of halogens is 4. The van der Waals surface area contributed by atoms with Gasteiger partial charge in [0.05, 0.1) is 12.2 Å². The van der Waals surface area contributed by atoms with Crippen LogP contribution in [-0.4, -0.2) is 55.3 Å². The number of piperidine rings is 1. The molecule has 0 unspecified atom stereocenters. The minimum absolute atomic E-state index is 0.235. The highest BCUT2D eigenvalue weighted by Crippen LogP contribution is 2.28. The summed E-state index contributed by atoms with van der Waals surface area (Å²) in [5, 5.41) is 29.6. The number of phenolic OH excluding ortho intramolecular Hbond substituents is 1. The number of hydrogen-bond donors (Lipinski definition) is 2. The second-order valence-corrected chi connectivity index (χ2v) is 7.93. The predicted octanol–water partition coefficient (Wildman–Crippen LogP) is 4.32. The number of aromatic nitrogens is 3. The zero-order valence-electron chi connectivity index (χ0n) is 16.7. The van der Waals surface area contributed by atoms with Crippen LogP contribution in [0.15, 0.2) is 41.2 Å². The van der Waals surface area contributed by atoms with Gasteiger partial charge in [0.1, 0.15) is 5.69 Å². The molecule has 3 aromatic rings. The number of carboxylic acids is 1. The van der Waals surface area contributed by atoms with Crippen molar-refractivity contribution in [3.8, 4) is 17.0 Å². The van der Waals surface area contributed by atoms with Crippen molar-refractivity contribution in [3.05, 3.63) is 52.6 Å². The predicted molar refractivity (Wildman–Crippen MR) is 109 cm³/mol. The molecule has 0 saturated carbocycles. The minimum atomic E-state index is -5.08. The number of hydrogen-bond acceptors (Lipinski definition) is 6. The van der Waals surface area contributed by atoms with E-state index >= 15 is 0 Å². The van der Waals surface area contributed by atoms with Crippen molar-refractivity contribution in [2.24, 2.45) is 0 Å². The van der Waals surface area contributed by atoms with Crippen molar-refractivity contribution in [2.75, 3.05) is 13.1 Å². The first-order chi connectivity index (χ1) is 15.1. The Balaban J connectivity index is 0.000000360. The third-order valence-corrected chi connectivity index (χ3v) is 5.65. The normalized spacial score (nSPS) is 15.2. The van der Waals surface area contributed by atoms with E-state index in [4.69, 9.17) is 9.90 Å². The molecule has 172 valence electrons. The lowest BCUT2D eigenvalue weighted by molar-refractivity contribution is -0.192. The Bertz CT molecular complexity index is 1030. The van der Waals surface area contributed by atoms with Crippen LogP contribution in [0.3, 0.4) is 0 Å². The van der Waals surface area contributed by atoms with Crippen molar-refractivity contribution < 1.29 is 32.6 Å². The average molecular weight is 472 g/mol. The van der Waals surface area contributed by atoms with Crippen LogP contribution < -0.4 is 0 Å². The van der Waals surface area contributed by atoms with E-state index in [0.29, 0.717) is 18.2 Å². The van der Waals surface area contributed by atoms with E-state index < -0.39 is 18.0 Å². The molecule has 7 nitrogen and oxygen atoms in total. The molecule has 1 saturated heterocycles. The first-order valence-electron chi connectivity index (χ1n) is 9.58. The van der Waals surface area contributed by atoms with Gasteiger partial charge in [-0.15, -0.1) is 5.10 Å². The number of carbonyl (C=O) groups is 1. The second-order valence-electron chi connectivity index (χ2n) is 7.15. The molecular formula is C20H20F4N4O3S. The second kappa shape index (κ2) is 10.1. The van der Waals surface area contributed by atoms with Crippen LogP contribution in [0.25, 0.3) is 11.3 Å². The Kier molecular flexibility index (Phi) is 7.46. The molecule has 0 radical (unpaired) electrons. The fraction of sp³-hybridized carbons (Fsp3) is 0.350. The number of aliphatic carboxylic acids is 1. The molecule has 0 bridgehead atoms. The van der Waals surface area contributed by atoms with Crippen molar-refractivity contribution in [3.63, 3.8) is 0 Å². The summed E-state index contributed by atoms with van der Waals surface area (Å²) in [5.74, 6) is -3.55. The maximum Gasteiger partial charge on any atom is 0.490 e. The van der Waals surface area contributed by atoms with Gasteiger partial charge in [0.25, 0.3) is 0 Å². The number of alkyl halides is 3. The molecule has 0 spiro atoms. The van der Waals surface area contributed by atoms with Gasteiger partial charge >= 0.3 is 12.1 Å². The lowest BCUT2D eigenvalue weighted by Crippen LogP contribution is -2.34.